The number of aromatic nitrogens is 2. The van der Waals surface area contributed by atoms with Crippen molar-refractivity contribution in [3.63, 3.8) is 0 Å². The third-order valence-corrected chi connectivity index (χ3v) is 6.61. The highest BCUT2D eigenvalue weighted by molar-refractivity contribution is 7.99. The van der Waals surface area contributed by atoms with E-state index in [0.29, 0.717) is 16.8 Å². The molecule has 0 radical (unpaired) electrons. The molecule has 1 aromatic heterocycles. The van der Waals surface area contributed by atoms with Gasteiger partial charge in [0.25, 0.3) is 0 Å². The number of imidazole rings is 1. The number of hydrogen-bond donors (Lipinski definition) is 1. The van der Waals surface area contributed by atoms with Gasteiger partial charge in [0, 0.05) is 18.8 Å². The number of nitrogens with zero attached hydrogens (tertiary/aromatic N) is 3. The third-order valence-electron chi connectivity index (χ3n) is 5.63. The predicted molar refractivity (Wildman–Crippen MR) is 127 cm³/mol. The van der Waals surface area contributed by atoms with Gasteiger partial charge in [-0.2, -0.15) is 0 Å². The minimum atomic E-state index is -0.130. The Morgan fingerprint density at radius 2 is 1.97 bits per heavy atom. The van der Waals surface area contributed by atoms with Crippen LogP contribution in [0.15, 0.2) is 53.7 Å². The molecule has 4 rings (SSSR count). The summed E-state index contributed by atoms with van der Waals surface area (Å²) in [5.74, 6) is 1.44. The highest BCUT2D eigenvalue weighted by atomic mass is 32.2. The fraction of sp³-hybridized carbons (Fsp3) is 0.375. The minimum absolute atomic E-state index is 0.101. The Bertz CT molecular complexity index is 1100. The summed E-state index contributed by atoms with van der Waals surface area (Å²) in [6.07, 6.45) is 2.22. The SMILES string of the molecule is COc1ccc(NC(=O)CSc2nc3ccccc3n2CC(=O)N2CCC[C@H](C)C2)cc1. The molecule has 1 atom stereocenters. The van der Waals surface area contributed by atoms with E-state index in [-0.39, 0.29) is 24.1 Å². The number of para-hydroxylation sites is 2. The monoisotopic (exact) mass is 452 g/mol. The number of likely N-dealkylation sites (tertiary alicyclic amines) is 1. The van der Waals surface area contributed by atoms with Crippen molar-refractivity contribution in [2.24, 2.45) is 5.92 Å². The van der Waals surface area contributed by atoms with Gasteiger partial charge in [0.1, 0.15) is 12.3 Å². The van der Waals surface area contributed by atoms with Crippen molar-refractivity contribution in [2.45, 2.75) is 31.5 Å². The van der Waals surface area contributed by atoms with Gasteiger partial charge in [-0.3, -0.25) is 9.59 Å². The van der Waals surface area contributed by atoms with Crippen LogP contribution in [-0.4, -0.2) is 52.2 Å². The lowest BCUT2D eigenvalue weighted by atomic mass is 10.0. The van der Waals surface area contributed by atoms with Crippen LogP contribution in [0.4, 0.5) is 5.69 Å². The first-order valence-electron chi connectivity index (χ1n) is 10.8. The summed E-state index contributed by atoms with van der Waals surface area (Å²) in [5, 5.41) is 3.56. The van der Waals surface area contributed by atoms with Gasteiger partial charge < -0.3 is 19.5 Å². The van der Waals surface area contributed by atoms with Gasteiger partial charge in [-0.25, -0.2) is 4.98 Å². The van der Waals surface area contributed by atoms with Crippen molar-refractivity contribution in [1.82, 2.24) is 14.5 Å². The Kier molecular flexibility index (Phi) is 6.99. The van der Waals surface area contributed by atoms with Gasteiger partial charge in [0.05, 0.1) is 23.9 Å². The second kappa shape index (κ2) is 10.1. The van der Waals surface area contributed by atoms with Crippen molar-refractivity contribution >= 4 is 40.3 Å². The number of fused-ring (bicyclic) bond motifs is 1. The molecule has 1 saturated heterocycles. The number of nitrogens with one attached hydrogen (secondary N) is 1. The Labute approximate surface area is 192 Å². The minimum Gasteiger partial charge on any atom is -0.497 e. The molecule has 0 saturated carbocycles. The zero-order valence-electron chi connectivity index (χ0n) is 18.4. The molecule has 7 nitrogen and oxygen atoms in total. The molecule has 0 aliphatic carbocycles. The molecule has 1 N–H and O–H groups in total. The summed E-state index contributed by atoms with van der Waals surface area (Å²) in [5.41, 5.74) is 2.44. The number of benzene rings is 2. The van der Waals surface area contributed by atoms with Crippen LogP contribution in [0.5, 0.6) is 5.75 Å². The molecule has 1 aliphatic heterocycles. The van der Waals surface area contributed by atoms with Gasteiger partial charge in [-0.15, -0.1) is 0 Å². The first-order valence-corrected chi connectivity index (χ1v) is 11.8. The second-order valence-corrected chi connectivity index (χ2v) is 9.06. The van der Waals surface area contributed by atoms with E-state index < -0.39 is 0 Å². The highest BCUT2D eigenvalue weighted by Gasteiger charge is 2.23. The Balaban J connectivity index is 1.45. The van der Waals surface area contributed by atoms with Crippen LogP contribution in [0.2, 0.25) is 0 Å². The summed E-state index contributed by atoms with van der Waals surface area (Å²) in [6.45, 7) is 4.03. The van der Waals surface area contributed by atoms with Crippen LogP contribution in [0.3, 0.4) is 0 Å². The maximum atomic E-state index is 13.0. The Morgan fingerprint density at radius 3 is 2.72 bits per heavy atom. The van der Waals surface area contributed by atoms with Gasteiger partial charge in [0.2, 0.25) is 11.8 Å². The number of anilines is 1. The van der Waals surface area contributed by atoms with E-state index in [1.54, 1.807) is 31.4 Å². The number of hydrogen-bond acceptors (Lipinski definition) is 5. The quantitative estimate of drug-likeness (QED) is 0.548. The number of thioether (sulfide) groups is 1. The molecule has 168 valence electrons. The van der Waals surface area contributed by atoms with E-state index in [0.717, 1.165) is 36.3 Å². The number of carbonyl (C=O) groups excluding carboxylic acids is 2. The molecule has 2 amide bonds. The average molecular weight is 453 g/mol. The van der Waals surface area contributed by atoms with Crippen molar-refractivity contribution in [3.05, 3.63) is 48.5 Å². The smallest absolute Gasteiger partial charge is 0.242 e. The van der Waals surface area contributed by atoms with Crippen LogP contribution in [-0.2, 0) is 16.1 Å². The normalized spacial score (nSPS) is 16.2. The van der Waals surface area contributed by atoms with E-state index in [2.05, 4.69) is 17.2 Å². The van der Waals surface area contributed by atoms with E-state index in [9.17, 15) is 9.59 Å². The molecule has 0 spiro atoms. The highest BCUT2D eigenvalue weighted by Crippen LogP contribution is 2.25. The summed E-state index contributed by atoms with van der Waals surface area (Å²) in [6, 6.07) is 15.0. The Morgan fingerprint density at radius 1 is 1.19 bits per heavy atom. The zero-order chi connectivity index (χ0) is 22.5. The summed E-state index contributed by atoms with van der Waals surface area (Å²) in [4.78, 5) is 32.2. The molecule has 2 heterocycles. The molecule has 0 bridgehead atoms. The lowest BCUT2D eigenvalue weighted by Crippen LogP contribution is -2.40. The average Bonchev–Trinajstić information content (AvgIpc) is 3.15. The summed E-state index contributed by atoms with van der Waals surface area (Å²) in [7, 11) is 1.60. The van der Waals surface area contributed by atoms with Crippen LogP contribution < -0.4 is 10.1 Å². The van der Waals surface area contributed by atoms with Crippen LogP contribution in [0.1, 0.15) is 19.8 Å². The first kappa shape index (κ1) is 22.2. The molecule has 8 heteroatoms. The second-order valence-electron chi connectivity index (χ2n) is 8.12. The van der Waals surface area contributed by atoms with Crippen molar-refractivity contribution < 1.29 is 14.3 Å². The van der Waals surface area contributed by atoms with Gasteiger partial charge in [-0.05, 0) is 55.2 Å². The zero-order valence-corrected chi connectivity index (χ0v) is 19.2. The molecule has 1 fully saturated rings. The summed E-state index contributed by atoms with van der Waals surface area (Å²) >= 11 is 1.34. The number of carbonyl (C=O) groups is 2. The largest absolute Gasteiger partial charge is 0.497 e. The molecule has 3 aromatic rings. The van der Waals surface area contributed by atoms with Crippen LogP contribution >= 0.6 is 11.8 Å². The topological polar surface area (TPSA) is 76.5 Å². The molecular weight excluding hydrogens is 424 g/mol. The van der Waals surface area contributed by atoms with Gasteiger partial charge >= 0.3 is 0 Å². The van der Waals surface area contributed by atoms with Crippen molar-refractivity contribution in [3.8, 4) is 5.75 Å². The van der Waals surface area contributed by atoms with E-state index in [1.807, 2.05) is 33.7 Å². The predicted octanol–water partition coefficient (Wildman–Crippen LogP) is 4.03. The van der Waals surface area contributed by atoms with E-state index in [4.69, 9.17) is 4.74 Å². The molecule has 32 heavy (non-hydrogen) atoms. The maximum absolute atomic E-state index is 13.0. The third kappa shape index (κ3) is 5.24. The van der Waals surface area contributed by atoms with E-state index in [1.165, 1.54) is 18.2 Å². The fourth-order valence-corrected chi connectivity index (χ4v) is 4.78. The lowest BCUT2D eigenvalue weighted by molar-refractivity contribution is -0.133. The van der Waals surface area contributed by atoms with Crippen molar-refractivity contribution in [2.75, 3.05) is 31.3 Å². The Hall–Kier alpha value is -3.00. The first-order chi connectivity index (χ1) is 15.5. The van der Waals surface area contributed by atoms with Crippen LogP contribution in [0.25, 0.3) is 11.0 Å². The summed E-state index contributed by atoms with van der Waals surface area (Å²) < 4.78 is 7.08. The van der Waals surface area contributed by atoms with Gasteiger partial charge in [-0.1, -0.05) is 30.8 Å². The van der Waals surface area contributed by atoms with Crippen molar-refractivity contribution in [1.29, 1.82) is 0 Å². The maximum Gasteiger partial charge on any atom is 0.242 e. The molecule has 0 unspecified atom stereocenters. The van der Waals surface area contributed by atoms with E-state index >= 15 is 0 Å². The fourth-order valence-electron chi connectivity index (χ4n) is 3.97. The lowest BCUT2D eigenvalue weighted by Gasteiger charge is -2.31. The number of ether oxygens (including phenoxy) is 1. The van der Waals surface area contributed by atoms with Gasteiger partial charge in [0.15, 0.2) is 5.16 Å². The molecular formula is C24H28N4O3S. The molecule has 1 aliphatic rings. The number of methoxy groups -OCH3 is 1. The number of rotatable bonds is 7. The molecule has 2 aromatic carbocycles. The number of amides is 2. The standard InChI is InChI=1S/C24H28N4O3S/c1-17-6-5-13-27(14-17)23(30)15-28-21-8-4-3-7-20(21)26-24(28)32-16-22(29)25-18-9-11-19(31-2)12-10-18/h3-4,7-12,17H,5-6,13-16H2,1-2H3,(H,25,29)/t17-/m0/s1. The number of piperidine rings is 1. The van der Waals surface area contributed by atoms with Crippen LogP contribution in [0, 0.1) is 5.92 Å².